The molecule has 0 saturated carbocycles. The molecule has 0 saturated heterocycles. The highest BCUT2D eigenvalue weighted by molar-refractivity contribution is 7.99. The Morgan fingerprint density at radius 2 is 0.846 bits per heavy atom. The number of para-hydroxylation sites is 4. The molecule has 3 nitrogen and oxygen atoms in total. The van der Waals surface area contributed by atoms with Gasteiger partial charge in [-0.2, -0.15) is 0 Å². The van der Waals surface area contributed by atoms with Crippen molar-refractivity contribution >= 4 is 97.4 Å². The third kappa shape index (κ3) is 4.51. The van der Waals surface area contributed by atoms with Crippen LogP contribution in [0.15, 0.2) is 195 Å². The number of hydrogen-bond donors (Lipinski definition) is 0. The van der Waals surface area contributed by atoms with Crippen molar-refractivity contribution in [1.29, 1.82) is 0 Å². The lowest BCUT2D eigenvalue weighted by molar-refractivity contribution is 0.647. The van der Waals surface area contributed by atoms with E-state index in [2.05, 4.69) is 181 Å². The third-order valence-corrected chi connectivity index (χ3v) is 11.8. The summed E-state index contributed by atoms with van der Waals surface area (Å²) in [6, 6.07) is 62.9. The Balaban J connectivity index is 1.09. The molecular weight excluding hydrogens is 652 g/mol. The van der Waals surface area contributed by atoms with Crippen LogP contribution in [0.2, 0.25) is 0 Å². The first-order valence-corrected chi connectivity index (χ1v) is 18.6. The van der Waals surface area contributed by atoms with Crippen LogP contribution in [0.1, 0.15) is 0 Å². The van der Waals surface area contributed by atoms with Crippen LogP contribution in [-0.2, 0) is 0 Å². The fraction of sp³-hybridized carbons (Fsp3) is 0. The maximum absolute atomic E-state index is 6.96. The van der Waals surface area contributed by atoms with E-state index in [1.165, 1.54) is 54.1 Å². The third-order valence-electron chi connectivity index (χ3n) is 10.7. The molecule has 6 heteroatoms. The Bertz CT molecular complexity index is 2740. The number of benzene rings is 7. The minimum absolute atomic E-state index is 0.125. The van der Waals surface area contributed by atoms with Gasteiger partial charge in [0.1, 0.15) is 11.2 Å². The SMILES string of the molecule is c1ccc(-c2ccc(B3c4oc5ccccc5c4B(c4ccc(N5c6ccccc6Sc6ccccc65)cc4)c4oc5ccccc5c43)cc2)cc1. The van der Waals surface area contributed by atoms with E-state index >= 15 is 0 Å². The molecule has 9 aromatic rings. The topological polar surface area (TPSA) is 29.5 Å². The first kappa shape index (κ1) is 29.6. The average Bonchev–Trinajstić information content (AvgIpc) is 3.79. The van der Waals surface area contributed by atoms with Crippen molar-refractivity contribution in [2.45, 2.75) is 9.79 Å². The molecule has 0 spiro atoms. The van der Waals surface area contributed by atoms with E-state index < -0.39 is 0 Å². The van der Waals surface area contributed by atoms with E-state index in [4.69, 9.17) is 8.83 Å². The molecule has 0 bridgehead atoms. The van der Waals surface area contributed by atoms with Crippen LogP contribution in [-0.4, -0.2) is 13.4 Å². The zero-order valence-electron chi connectivity index (χ0n) is 28.1. The number of rotatable bonds is 4. The molecule has 0 N–H and O–H groups in total. The molecule has 0 aliphatic carbocycles. The van der Waals surface area contributed by atoms with Crippen LogP contribution in [0.25, 0.3) is 33.1 Å². The number of anilines is 3. The standard InChI is InChI=1S/C46H29B2NO2S/c1-2-12-30(13-3-1)31-22-24-32(25-23-31)47-43-35-14-4-8-18-39(35)51-46(43)48(44-36-15-5-9-19-40(36)50-45(44)47)33-26-28-34(29-27-33)49-37-16-6-10-20-41(37)52-42-21-11-7-17-38(42)49/h1-29H. The molecule has 242 valence electrons. The smallest absolute Gasteiger partial charge is 0.290 e. The van der Waals surface area contributed by atoms with Gasteiger partial charge in [-0.3, -0.25) is 0 Å². The van der Waals surface area contributed by atoms with Gasteiger partial charge < -0.3 is 13.7 Å². The van der Waals surface area contributed by atoms with Gasteiger partial charge in [0, 0.05) is 26.3 Å². The zero-order chi connectivity index (χ0) is 34.2. The summed E-state index contributed by atoms with van der Waals surface area (Å²) in [5.41, 5.74) is 14.4. The van der Waals surface area contributed by atoms with Gasteiger partial charge in [0.2, 0.25) is 0 Å². The van der Waals surface area contributed by atoms with Crippen molar-refractivity contribution in [3.63, 3.8) is 0 Å². The summed E-state index contributed by atoms with van der Waals surface area (Å²) in [5, 5.41) is 2.25. The second-order valence-electron chi connectivity index (χ2n) is 13.6. The predicted octanol–water partition coefficient (Wildman–Crippen LogP) is 8.13. The summed E-state index contributed by atoms with van der Waals surface area (Å²) in [5.74, 6) is 0. The molecule has 0 atom stereocenters. The van der Waals surface area contributed by atoms with E-state index in [9.17, 15) is 0 Å². The Morgan fingerprint density at radius 3 is 1.40 bits per heavy atom. The lowest BCUT2D eigenvalue weighted by Gasteiger charge is -2.33. The molecule has 0 radical (unpaired) electrons. The second kappa shape index (κ2) is 11.7. The van der Waals surface area contributed by atoms with Gasteiger partial charge in [-0.15, -0.1) is 0 Å². The summed E-state index contributed by atoms with van der Waals surface area (Å²) in [6.07, 6.45) is 0. The molecule has 2 aliphatic rings. The van der Waals surface area contributed by atoms with E-state index in [1.807, 2.05) is 11.8 Å². The Kier molecular flexibility index (Phi) is 6.68. The van der Waals surface area contributed by atoms with Gasteiger partial charge >= 0.3 is 0 Å². The zero-order valence-corrected chi connectivity index (χ0v) is 28.9. The molecule has 2 aliphatic heterocycles. The van der Waals surface area contributed by atoms with Crippen LogP contribution in [0.4, 0.5) is 17.1 Å². The van der Waals surface area contributed by atoms with Crippen molar-refractivity contribution in [1.82, 2.24) is 0 Å². The van der Waals surface area contributed by atoms with Gasteiger partial charge in [-0.25, -0.2) is 0 Å². The van der Waals surface area contributed by atoms with Gasteiger partial charge in [0.05, 0.1) is 22.7 Å². The lowest BCUT2D eigenvalue weighted by Crippen LogP contribution is -2.73. The first-order chi connectivity index (χ1) is 25.8. The molecule has 4 heterocycles. The van der Waals surface area contributed by atoms with Gasteiger partial charge in [0.25, 0.3) is 13.4 Å². The van der Waals surface area contributed by atoms with Crippen LogP contribution in [0.3, 0.4) is 0 Å². The number of nitrogens with zero attached hydrogens (tertiary/aromatic N) is 1. The summed E-state index contributed by atoms with van der Waals surface area (Å²) < 4.78 is 13.9. The Hall–Kier alpha value is -6.10. The predicted molar refractivity (Wildman–Crippen MR) is 219 cm³/mol. The van der Waals surface area contributed by atoms with Crippen molar-refractivity contribution in [2.24, 2.45) is 0 Å². The van der Waals surface area contributed by atoms with Crippen molar-refractivity contribution < 1.29 is 8.83 Å². The number of hydrogen-bond acceptors (Lipinski definition) is 4. The van der Waals surface area contributed by atoms with Crippen molar-refractivity contribution in [2.75, 3.05) is 4.90 Å². The average molecular weight is 681 g/mol. The molecule has 52 heavy (non-hydrogen) atoms. The van der Waals surface area contributed by atoms with Gasteiger partial charge in [-0.1, -0.05) is 150 Å². The quantitative estimate of drug-likeness (QED) is 0.176. The second-order valence-corrected chi connectivity index (χ2v) is 14.7. The Labute approximate surface area is 306 Å². The molecule has 11 rings (SSSR count). The van der Waals surface area contributed by atoms with Crippen LogP contribution < -0.4 is 38.1 Å². The molecule has 0 unspecified atom stereocenters. The van der Waals surface area contributed by atoms with Gasteiger partial charge in [0.15, 0.2) is 0 Å². The summed E-state index contributed by atoms with van der Waals surface area (Å²) in [4.78, 5) is 4.88. The highest BCUT2D eigenvalue weighted by atomic mass is 32.2. The largest absolute Gasteiger partial charge is 0.471 e. The Morgan fingerprint density at radius 1 is 0.404 bits per heavy atom. The van der Waals surface area contributed by atoms with E-state index in [0.717, 1.165) is 38.9 Å². The maximum atomic E-state index is 6.96. The minimum atomic E-state index is -0.147. The summed E-state index contributed by atoms with van der Waals surface area (Å²) in [7, 11) is 0. The monoisotopic (exact) mass is 681 g/mol. The minimum Gasteiger partial charge on any atom is -0.471 e. The van der Waals surface area contributed by atoms with Crippen LogP contribution >= 0.6 is 11.8 Å². The maximum Gasteiger partial charge on any atom is 0.290 e. The molecule has 2 aromatic heterocycles. The van der Waals surface area contributed by atoms with Crippen LogP contribution in [0, 0.1) is 0 Å². The number of furan rings is 2. The molecule has 0 amide bonds. The first-order valence-electron chi connectivity index (χ1n) is 17.7. The summed E-state index contributed by atoms with van der Waals surface area (Å²) in [6.45, 7) is -0.272. The molecular formula is C46H29B2NO2S. The fourth-order valence-electron chi connectivity index (χ4n) is 8.39. The molecule has 7 aromatic carbocycles. The number of fused-ring (bicyclic) bond motifs is 8. The van der Waals surface area contributed by atoms with E-state index in [0.29, 0.717) is 0 Å². The summed E-state index contributed by atoms with van der Waals surface area (Å²) >= 11 is 1.83. The van der Waals surface area contributed by atoms with Gasteiger partial charge in [-0.05, 0) is 70.6 Å². The normalized spacial score (nSPS) is 13.2. The van der Waals surface area contributed by atoms with Crippen LogP contribution in [0.5, 0.6) is 0 Å². The molecule has 0 fully saturated rings. The highest BCUT2D eigenvalue weighted by Gasteiger charge is 2.46. The fourth-order valence-corrected chi connectivity index (χ4v) is 9.45. The highest BCUT2D eigenvalue weighted by Crippen LogP contribution is 2.50. The lowest BCUT2D eigenvalue weighted by atomic mass is 9.24. The van der Waals surface area contributed by atoms with E-state index in [-0.39, 0.29) is 13.4 Å². The van der Waals surface area contributed by atoms with Crippen molar-refractivity contribution in [3.8, 4) is 11.1 Å². The van der Waals surface area contributed by atoms with E-state index in [1.54, 1.807) is 0 Å². The van der Waals surface area contributed by atoms with Crippen molar-refractivity contribution in [3.05, 3.63) is 176 Å².